The Kier molecular flexibility index (Phi) is 4.48. The zero-order valence-electron chi connectivity index (χ0n) is 13.4. The predicted molar refractivity (Wildman–Crippen MR) is 91.0 cm³/mol. The van der Waals surface area contributed by atoms with Crippen LogP contribution < -0.4 is 10.6 Å². The Morgan fingerprint density at radius 2 is 2.14 bits per heavy atom. The van der Waals surface area contributed by atoms with Crippen LogP contribution in [0.25, 0.3) is 10.9 Å². The molecule has 0 aliphatic heterocycles. The number of aromatic nitrogens is 1. The van der Waals surface area contributed by atoms with Crippen LogP contribution in [0.2, 0.25) is 0 Å². The Hall–Kier alpha value is -1.81. The highest BCUT2D eigenvalue weighted by Crippen LogP contribution is 2.27. The molecule has 0 spiro atoms. The summed E-state index contributed by atoms with van der Waals surface area (Å²) in [5, 5.41) is 7.35. The molecule has 0 atom stereocenters. The molecule has 1 aliphatic rings. The summed E-state index contributed by atoms with van der Waals surface area (Å²) in [5.74, 6) is 1.44. The van der Waals surface area contributed by atoms with Gasteiger partial charge in [-0.25, -0.2) is 0 Å². The molecule has 0 radical (unpaired) electrons. The van der Waals surface area contributed by atoms with Gasteiger partial charge in [-0.1, -0.05) is 13.8 Å². The number of benzene rings is 1. The molecule has 2 N–H and O–H groups in total. The van der Waals surface area contributed by atoms with Crippen molar-refractivity contribution in [2.24, 2.45) is 11.8 Å². The SMILES string of the molecule is CC(C)Cn1ccc2cc(NC(=O)CNCC3CC3)ccc21. The second-order valence-corrected chi connectivity index (χ2v) is 6.76. The van der Waals surface area contributed by atoms with Gasteiger partial charge in [0.1, 0.15) is 0 Å². The third-order valence-electron chi connectivity index (χ3n) is 4.03. The number of nitrogens with one attached hydrogen (secondary N) is 2. The minimum absolute atomic E-state index is 0.0293. The maximum absolute atomic E-state index is 11.9. The Labute approximate surface area is 131 Å². The van der Waals surface area contributed by atoms with Gasteiger partial charge in [-0.3, -0.25) is 4.79 Å². The molecule has 1 heterocycles. The summed E-state index contributed by atoms with van der Waals surface area (Å²) in [5.41, 5.74) is 2.09. The van der Waals surface area contributed by atoms with Crippen LogP contribution in [0.3, 0.4) is 0 Å². The molecule has 1 aromatic carbocycles. The lowest BCUT2D eigenvalue weighted by molar-refractivity contribution is -0.115. The third-order valence-corrected chi connectivity index (χ3v) is 4.03. The average Bonchev–Trinajstić information content (AvgIpc) is 3.20. The number of nitrogens with zero attached hydrogens (tertiary/aromatic N) is 1. The van der Waals surface area contributed by atoms with Crippen LogP contribution in [0.1, 0.15) is 26.7 Å². The van der Waals surface area contributed by atoms with Gasteiger partial charge >= 0.3 is 0 Å². The molecular formula is C18H25N3O. The van der Waals surface area contributed by atoms with Crippen molar-refractivity contribution >= 4 is 22.5 Å². The number of fused-ring (bicyclic) bond motifs is 1. The van der Waals surface area contributed by atoms with Gasteiger partial charge in [-0.05, 0) is 55.5 Å². The van der Waals surface area contributed by atoms with Gasteiger partial charge in [0.05, 0.1) is 6.54 Å². The van der Waals surface area contributed by atoms with Crippen molar-refractivity contribution < 1.29 is 4.79 Å². The van der Waals surface area contributed by atoms with Crippen LogP contribution in [0, 0.1) is 11.8 Å². The van der Waals surface area contributed by atoms with Crippen molar-refractivity contribution in [3.8, 4) is 0 Å². The van der Waals surface area contributed by atoms with Crippen molar-refractivity contribution in [2.75, 3.05) is 18.4 Å². The lowest BCUT2D eigenvalue weighted by Crippen LogP contribution is -2.29. The van der Waals surface area contributed by atoms with Gasteiger partial charge in [-0.2, -0.15) is 0 Å². The van der Waals surface area contributed by atoms with Crippen LogP contribution in [0.15, 0.2) is 30.5 Å². The Morgan fingerprint density at radius 3 is 2.86 bits per heavy atom. The van der Waals surface area contributed by atoms with Gasteiger partial charge in [0.2, 0.25) is 5.91 Å². The smallest absolute Gasteiger partial charge is 0.238 e. The quantitative estimate of drug-likeness (QED) is 0.824. The zero-order valence-corrected chi connectivity index (χ0v) is 13.4. The molecule has 2 aromatic rings. The fourth-order valence-corrected chi connectivity index (χ4v) is 2.75. The molecule has 22 heavy (non-hydrogen) atoms. The molecule has 4 nitrogen and oxygen atoms in total. The number of carbonyl (C=O) groups is 1. The van der Waals surface area contributed by atoms with Crippen molar-refractivity contribution in [3.05, 3.63) is 30.5 Å². The van der Waals surface area contributed by atoms with Crippen LogP contribution in [0.4, 0.5) is 5.69 Å². The van der Waals surface area contributed by atoms with Crippen molar-refractivity contribution in [1.29, 1.82) is 0 Å². The summed E-state index contributed by atoms with van der Waals surface area (Å²) in [7, 11) is 0. The highest BCUT2D eigenvalue weighted by molar-refractivity contribution is 5.95. The first-order valence-electron chi connectivity index (χ1n) is 8.21. The van der Waals surface area contributed by atoms with E-state index in [1.54, 1.807) is 0 Å². The first-order chi connectivity index (χ1) is 10.6. The Balaban J connectivity index is 1.60. The van der Waals surface area contributed by atoms with E-state index in [2.05, 4.69) is 47.4 Å². The second-order valence-electron chi connectivity index (χ2n) is 6.76. The van der Waals surface area contributed by atoms with Crippen LogP contribution in [0.5, 0.6) is 0 Å². The molecule has 118 valence electrons. The first kappa shape index (κ1) is 15.1. The van der Waals surface area contributed by atoms with E-state index in [9.17, 15) is 4.79 Å². The monoisotopic (exact) mass is 299 g/mol. The van der Waals surface area contributed by atoms with Gasteiger partial charge in [0.15, 0.2) is 0 Å². The maximum atomic E-state index is 11.9. The molecular weight excluding hydrogens is 274 g/mol. The van der Waals surface area contributed by atoms with Crippen molar-refractivity contribution in [1.82, 2.24) is 9.88 Å². The molecule has 1 aromatic heterocycles. The lowest BCUT2D eigenvalue weighted by Gasteiger charge is -2.09. The fourth-order valence-electron chi connectivity index (χ4n) is 2.75. The normalized spacial score (nSPS) is 14.7. The Bertz CT molecular complexity index is 655. The number of hydrogen-bond acceptors (Lipinski definition) is 2. The van der Waals surface area contributed by atoms with E-state index in [0.29, 0.717) is 12.5 Å². The fraction of sp³-hybridized carbons (Fsp3) is 0.500. The van der Waals surface area contributed by atoms with Gasteiger partial charge in [-0.15, -0.1) is 0 Å². The van der Waals surface area contributed by atoms with E-state index in [4.69, 9.17) is 0 Å². The number of hydrogen-bond donors (Lipinski definition) is 2. The van der Waals surface area contributed by atoms with E-state index < -0.39 is 0 Å². The van der Waals surface area contributed by atoms with Crippen molar-refractivity contribution in [2.45, 2.75) is 33.2 Å². The molecule has 1 fully saturated rings. The highest BCUT2D eigenvalue weighted by atomic mass is 16.1. The summed E-state index contributed by atoms with van der Waals surface area (Å²) in [4.78, 5) is 11.9. The number of carbonyl (C=O) groups excluding carboxylic acids is 1. The lowest BCUT2D eigenvalue weighted by atomic mass is 10.2. The Morgan fingerprint density at radius 1 is 1.32 bits per heavy atom. The molecule has 0 bridgehead atoms. The maximum Gasteiger partial charge on any atom is 0.238 e. The minimum Gasteiger partial charge on any atom is -0.347 e. The number of amides is 1. The van der Waals surface area contributed by atoms with Crippen LogP contribution in [-0.4, -0.2) is 23.6 Å². The molecule has 3 rings (SSSR count). The zero-order chi connectivity index (χ0) is 15.5. The summed E-state index contributed by atoms with van der Waals surface area (Å²) in [6.45, 7) is 6.80. The molecule has 0 unspecified atom stereocenters. The highest BCUT2D eigenvalue weighted by Gasteiger charge is 2.20. The number of rotatable bonds is 7. The topological polar surface area (TPSA) is 46.1 Å². The molecule has 1 amide bonds. The predicted octanol–water partition coefficient (Wildman–Crippen LogP) is 3.24. The summed E-state index contributed by atoms with van der Waals surface area (Å²) >= 11 is 0. The molecule has 0 saturated heterocycles. The second kappa shape index (κ2) is 6.53. The van der Waals surface area contributed by atoms with Gasteiger partial charge < -0.3 is 15.2 Å². The first-order valence-corrected chi connectivity index (χ1v) is 8.21. The molecule has 4 heteroatoms. The van der Waals surface area contributed by atoms with E-state index >= 15 is 0 Å². The van der Waals surface area contributed by atoms with E-state index in [-0.39, 0.29) is 5.91 Å². The molecule has 1 saturated carbocycles. The summed E-state index contributed by atoms with van der Waals surface area (Å²) < 4.78 is 2.27. The largest absolute Gasteiger partial charge is 0.347 e. The third kappa shape index (κ3) is 3.89. The summed E-state index contributed by atoms with van der Waals surface area (Å²) in [6, 6.07) is 8.23. The standard InChI is InChI=1S/C18H25N3O/c1-13(2)12-21-8-7-15-9-16(5-6-17(15)21)20-18(22)11-19-10-14-3-4-14/h5-9,13-14,19H,3-4,10-12H2,1-2H3,(H,20,22). The van der Waals surface area contributed by atoms with E-state index in [0.717, 1.165) is 24.7 Å². The summed E-state index contributed by atoms with van der Waals surface area (Å²) in [6.07, 6.45) is 4.73. The van der Waals surface area contributed by atoms with Gasteiger partial charge in [0.25, 0.3) is 0 Å². The number of anilines is 1. The van der Waals surface area contributed by atoms with Crippen LogP contribution in [-0.2, 0) is 11.3 Å². The van der Waals surface area contributed by atoms with E-state index in [1.165, 1.54) is 23.7 Å². The minimum atomic E-state index is 0.0293. The molecule has 1 aliphatic carbocycles. The van der Waals surface area contributed by atoms with Crippen molar-refractivity contribution in [3.63, 3.8) is 0 Å². The van der Waals surface area contributed by atoms with E-state index in [1.807, 2.05) is 12.1 Å². The van der Waals surface area contributed by atoms with Crippen LogP contribution >= 0.6 is 0 Å². The van der Waals surface area contributed by atoms with Gasteiger partial charge in [0, 0.05) is 29.3 Å². The average molecular weight is 299 g/mol.